The van der Waals surface area contributed by atoms with E-state index >= 15 is 0 Å². The second-order valence-electron chi connectivity index (χ2n) is 4.70. The molecule has 0 radical (unpaired) electrons. The first-order chi connectivity index (χ1) is 9.86. The molecular weight excluding hydrogens is 254 g/mol. The fourth-order valence-corrected chi connectivity index (χ4v) is 2.09. The minimum atomic E-state index is 0.543. The van der Waals surface area contributed by atoms with Crippen LogP contribution in [0.2, 0.25) is 0 Å². The van der Waals surface area contributed by atoms with Gasteiger partial charge in [-0.2, -0.15) is 0 Å². The number of hydrogen-bond donors (Lipinski definition) is 1. The molecule has 2 heterocycles. The van der Waals surface area contributed by atoms with Crippen LogP contribution in [0, 0.1) is 0 Å². The summed E-state index contributed by atoms with van der Waals surface area (Å²) in [4.78, 5) is 0. The second kappa shape index (κ2) is 5.83. The Morgan fingerprint density at radius 1 is 1.30 bits per heavy atom. The molecule has 1 N–H and O–H groups in total. The van der Waals surface area contributed by atoms with Gasteiger partial charge in [0.25, 0.3) is 0 Å². The lowest BCUT2D eigenvalue weighted by molar-refractivity contribution is 0.365. The Hall–Kier alpha value is -2.21. The first kappa shape index (κ1) is 12.8. The van der Waals surface area contributed by atoms with E-state index in [1.807, 2.05) is 35.0 Å². The van der Waals surface area contributed by atoms with E-state index in [1.165, 1.54) is 0 Å². The minimum Gasteiger partial charge on any atom is -0.359 e. The summed E-state index contributed by atoms with van der Waals surface area (Å²) in [6, 6.07) is 9.82. The molecule has 0 aliphatic rings. The molecule has 3 rings (SSSR count). The molecule has 0 fully saturated rings. The molecule has 0 saturated heterocycles. The number of hydrogen-bond acceptors (Lipinski definition) is 5. The number of nitrogens with zero attached hydrogens (tertiary/aromatic N) is 4. The van der Waals surface area contributed by atoms with Crippen molar-refractivity contribution in [2.24, 2.45) is 0 Å². The largest absolute Gasteiger partial charge is 0.359 e. The molecule has 6 nitrogen and oxygen atoms in total. The first-order valence-electron chi connectivity index (χ1n) is 6.80. The molecule has 1 aromatic carbocycles. The Morgan fingerprint density at radius 2 is 2.20 bits per heavy atom. The van der Waals surface area contributed by atoms with Gasteiger partial charge in [-0.1, -0.05) is 29.4 Å². The van der Waals surface area contributed by atoms with Gasteiger partial charge >= 0.3 is 0 Å². The van der Waals surface area contributed by atoms with Crippen LogP contribution in [0.15, 0.2) is 34.9 Å². The zero-order chi connectivity index (χ0) is 13.8. The zero-order valence-electron chi connectivity index (χ0n) is 11.4. The molecule has 0 atom stereocenters. The van der Waals surface area contributed by atoms with Crippen molar-refractivity contribution in [3.63, 3.8) is 0 Å². The third-order valence-corrected chi connectivity index (χ3v) is 3.07. The summed E-state index contributed by atoms with van der Waals surface area (Å²) in [5.41, 5.74) is 2.80. The van der Waals surface area contributed by atoms with Gasteiger partial charge in [-0.25, -0.2) is 4.68 Å². The first-order valence-corrected chi connectivity index (χ1v) is 6.80. The van der Waals surface area contributed by atoms with Crippen molar-refractivity contribution < 1.29 is 4.52 Å². The predicted octanol–water partition coefficient (Wildman–Crippen LogP) is 1.97. The van der Waals surface area contributed by atoms with Crippen LogP contribution in [0.25, 0.3) is 11.0 Å². The molecule has 3 aromatic rings. The maximum atomic E-state index is 5.34. The molecule has 0 spiro atoms. The Kier molecular flexibility index (Phi) is 3.73. The van der Waals surface area contributed by atoms with E-state index in [0.717, 1.165) is 42.0 Å². The van der Waals surface area contributed by atoms with Gasteiger partial charge in [0.2, 0.25) is 0 Å². The summed E-state index contributed by atoms with van der Waals surface area (Å²) in [7, 11) is 0. The van der Waals surface area contributed by atoms with E-state index in [-0.39, 0.29) is 0 Å². The van der Waals surface area contributed by atoms with Gasteiger partial charge in [-0.05, 0) is 25.1 Å². The SMILES string of the molecule is CCCNCc1cc(Cn2nnc3ccccc32)on1. The maximum absolute atomic E-state index is 5.34. The lowest BCUT2D eigenvalue weighted by atomic mass is 10.3. The lowest BCUT2D eigenvalue weighted by Gasteiger charge is -1.97. The van der Waals surface area contributed by atoms with Crippen LogP contribution in [0.3, 0.4) is 0 Å². The second-order valence-corrected chi connectivity index (χ2v) is 4.70. The third kappa shape index (κ3) is 2.70. The fourth-order valence-electron chi connectivity index (χ4n) is 2.09. The molecule has 0 unspecified atom stereocenters. The molecule has 0 amide bonds. The van der Waals surface area contributed by atoms with Gasteiger partial charge in [0.05, 0.1) is 11.2 Å². The van der Waals surface area contributed by atoms with Gasteiger partial charge in [0.1, 0.15) is 12.1 Å². The number of para-hydroxylation sites is 1. The summed E-state index contributed by atoms with van der Waals surface area (Å²) in [6.45, 7) is 4.39. The summed E-state index contributed by atoms with van der Waals surface area (Å²) in [6.07, 6.45) is 1.11. The quantitative estimate of drug-likeness (QED) is 0.694. The van der Waals surface area contributed by atoms with Crippen LogP contribution in [0.4, 0.5) is 0 Å². The smallest absolute Gasteiger partial charge is 0.158 e. The highest BCUT2D eigenvalue weighted by Gasteiger charge is 2.08. The Bertz CT molecular complexity index is 688. The molecule has 0 saturated carbocycles. The van der Waals surface area contributed by atoms with Gasteiger partial charge in [0.15, 0.2) is 5.76 Å². The highest BCUT2D eigenvalue weighted by molar-refractivity contribution is 5.73. The van der Waals surface area contributed by atoms with Crippen LogP contribution in [0.5, 0.6) is 0 Å². The molecule has 0 aliphatic heterocycles. The summed E-state index contributed by atoms with van der Waals surface area (Å²) < 4.78 is 7.16. The summed E-state index contributed by atoms with van der Waals surface area (Å²) in [5.74, 6) is 0.786. The standard InChI is InChI=1S/C14H17N5O/c1-2-7-15-9-11-8-12(20-17-11)10-19-14-6-4-3-5-13(14)16-18-19/h3-6,8,15H,2,7,9-10H2,1H3. The van der Waals surface area contributed by atoms with Crippen molar-refractivity contribution in [3.05, 3.63) is 41.8 Å². The van der Waals surface area contributed by atoms with Crippen molar-refractivity contribution in [3.8, 4) is 0 Å². The fraction of sp³-hybridized carbons (Fsp3) is 0.357. The van der Waals surface area contributed by atoms with E-state index in [4.69, 9.17) is 4.52 Å². The van der Waals surface area contributed by atoms with E-state index in [9.17, 15) is 0 Å². The lowest BCUT2D eigenvalue weighted by Crippen LogP contribution is -2.13. The zero-order valence-corrected chi connectivity index (χ0v) is 11.4. The summed E-state index contributed by atoms with van der Waals surface area (Å²) in [5, 5.41) is 15.6. The molecule has 104 valence electrons. The monoisotopic (exact) mass is 271 g/mol. The average Bonchev–Trinajstić information content (AvgIpc) is 3.08. The topological polar surface area (TPSA) is 68.8 Å². The molecule has 0 bridgehead atoms. The molecular formula is C14H17N5O. The number of fused-ring (bicyclic) bond motifs is 1. The van der Waals surface area contributed by atoms with Crippen LogP contribution < -0.4 is 5.32 Å². The Labute approximate surface area is 116 Å². The van der Waals surface area contributed by atoms with E-state index in [0.29, 0.717) is 6.54 Å². The number of aromatic nitrogens is 4. The van der Waals surface area contributed by atoms with Crippen LogP contribution in [0.1, 0.15) is 24.8 Å². The van der Waals surface area contributed by atoms with Crippen LogP contribution in [-0.2, 0) is 13.1 Å². The maximum Gasteiger partial charge on any atom is 0.158 e. The molecule has 6 heteroatoms. The van der Waals surface area contributed by atoms with Gasteiger partial charge < -0.3 is 9.84 Å². The van der Waals surface area contributed by atoms with Crippen molar-refractivity contribution in [2.75, 3.05) is 6.54 Å². The van der Waals surface area contributed by atoms with E-state index in [2.05, 4.69) is 27.7 Å². The molecule has 0 aliphatic carbocycles. The van der Waals surface area contributed by atoms with Gasteiger partial charge in [0, 0.05) is 12.6 Å². The van der Waals surface area contributed by atoms with Crippen molar-refractivity contribution in [1.29, 1.82) is 0 Å². The number of nitrogens with one attached hydrogen (secondary N) is 1. The normalized spacial score (nSPS) is 11.2. The third-order valence-electron chi connectivity index (χ3n) is 3.07. The predicted molar refractivity (Wildman–Crippen MR) is 75.1 cm³/mol. The van der Waals surface area contributed by atoms with Gasteiger partial charge in [-0.15, -0.1) is 5.10 Å². The highest BCUT2D eigenvalue weighted by atomic mass is 16.5. The van der Waals surface area contributed by atoms with E-state index < -0.39 is 0 Å². The van der Waals surface area contributed by atoms with Gasteiger partial charge in [-0.3, -0.25) is 0 Å². The average molecular weight is 271 g/mol. The highest BCUT2D eigenvalue weighted by Crippen LogP contribution is 2.12. The number of rotatable bonds is 6. The van der Waals surface area contributed by atoms with Crippen molar-refractivity contribution in [1.82, 2.24) is 25.5 Å². The minimum absolute atomic E-state index is 0.543. The Balaban J connectivity index is 1.71. The van der Waals surface area contributed by atoms with Crippen molar-refractivity contribution >= 4 is 11.0 Å². The van der Waals surface area contributed by atoms with E-state index in [1.54, 1.807) is 0 Å². The Morgan fingerprint density at radius 3 is 3.10 bits per heavy atom. The van der Waals surface area contributed by atoms with Crippen molar-refractivity contribution in [2.45, 2.75) is 26.4 Å². The molecule has 20 heavy (non-hydrogen) atoms. The molecule has 2 aromatic heterocycles. The summed E-state index contributed by atoms with van der Waals surface area (Å²) >= 11 is 0. The van der Waals surface area contributed by atoms with Crippen LogP contribution >= 0.6 is 0 Å². The van der Waals surface area contributed by atoms with Crippen LogP contribution in [-0.4, -0.2) is 26.7 Å². The number of benzene rings is 1.